The molecule has 0 spiro atoms. The highest BCUT2D eigenvalue weighted by Gasteiger charge is 2.19. The largest absolute Gasteiger partial charge is 0.367 e. The molecule has 0 aromatic heterocycles. The van der Waals surface area contributed by atoms with Crippen LogP contribution in [-0.2, 0) is 4.74 Å². The highest BCUT2D eigenvalue weighted by Crippen LogP contribution is 2.19. The van der Waals surface area contributed by atoms with E-state index in [0.717, 1.165) is 19.4 Å². The maximum absolute atomic E-state index is 8.95. The van der Waals surface area contributed by atoms with E-state index in [0.29, 0.717) is 3.92 Å². The third-order valence-corrected chi connectivity index (χ3v) is 2.46. The van der Waals surface area contributed by atoms with Crippen LogP contribution < -0.4 is 0 Å². The van der Waals surface area contributed by atoms with E-state index in [1.54, 1.807) is 0 Å². The Balaban J connectivity index is 2.28. The SMILES string of the molecule is O[C@@H]1OCCC[C@@H]1I. The predicted octanol–water partition coefficient (Wildman–Crippen LogP) is 0.919. The zero-order valence-electron chi connectivity index (χ0n) is 4.51. The van der Waals surface area contributed by atoms with Gasteiger partial charge in [0.2, 0.25) is 0 Å². The summed E-state index contributed by atoms with van der Waals surface area (Å²) in [5, 5.41) is 8.95. The van der Waals surface area contributed by atoms with Crippen molar-refractivity contribution in [2.75, 3.05) is 6.61 Å². The smallest absolute Gasteiger partial charge is 0.166 e. The average Bonchev–Trinajstić information content (AvgIpc) is 1.77. The average molecular weight is 228 g/mol. The first kappa shape index (κ1) is 6.77. The number of hydrogen-bond acceptors (Lipinski definition) is 2. The van der Waals surface area contributed by atoms with Crippen molar-refractivity contribution in [3.8, 4) is 0 Å². The Morgan fingerprint density at radius 2 is 2.38 bits per heavy atom. The second-order valence-electron chi connectivity index (χ2n) is 1.92. The van der Waals surface area contributed by atoms with Crippen molar-refractivity contribution in [3.63, 3.8) is 0 Å². The van der Waals surface area contributed by atoms with Crippen LogP contribution in [0.15, 0.2) is 0 Å². The van der Waals surface area contributed by atoms with Gasteiger partial charge in [0.05, 0.1) is 3.92 Å². The van der Waals surface area contributed by atoms with E-state index < -0.39 is 6.29 Å². The molecule has 1 aliphatic rings. The second-order valence-corrected chi connectivity index (χ2v) is 3.52. The van der Waals surface area contributed by atoms with Gasteiger partial charge in [-0.25, -0.2) is 0 Å². The number of rotatable bonds is 0. The molecule has 3 heteroatoms. The van der Waals surface area contributed by atoms with E-state index in [1.165, 1.54) is 0 Å². The van der Waals surface area contributed by atoms with Crippen molar-refractivity contribution in [2.45, 2.75) is 23.1 Å². The number of ether oxygens (including phenoxy) is 1. The van der Waals surface area contributed by atoms with Crippen molar-refractivity contribution < 1.29 is 9.84 Å². The lowest BCUT2D eigenvalue weighted by Gasteiger charge is -2.22. The molecule has 1 heterocycles. The lowest BCUT2D eigenvalue weighted by Crippen LogP contribution is -2.28. The molecule has 0 amide bonds. The van der Waals surface area contributed by atoms with Crippen LogP contribution in [0.25, 0.3) is 0 Å². The van der Waals surface area contributed by atoms with Crippen molar-refractivity contribution >= 4 is 22.6 Å². The third-order valence-electron chi connectivity index (χ3n) is 1.22. The molecule has 0 radical (unpaired) electrons. The van der Waals surface area contributed by atoms with Crippen molar-refractivity contribution in [1.82, 2.24) is 0 Å². The first-order valence-electron chi connectivity index (χ1n) is 2.74. The molecule has 8 heavy (non-hydrogen) atoms. The molecule has 0 bridgehead atoms. The molecule has 2 atom stereocenters. The minimum absolute atomic E-state index is 0.307. The van der Waals surface area contributed by atoms with Crippen molar-refractivity contribution in [1.29, 1.82) is 0 Å². The lowest BCUT2D eigenvalue weighted by molar-refractivity contribution is -0.115. The fraction of sp³-hybridized carbons (Fsp3) is 1.00. The first-order valence-corrected chi connectivity index (χ1v) is 3.99. The Morgan fingerprint density at radius 3 is 2.75 bits per heavy atom. The highest BCUT2D eigenvalue weighted by molar-refractivity contribution is 14.1. The predicted molar refractivity (Wildman–Crippen MR) is 39.0 cm³/mol. The molecule has 1 fully saturated rings. The molecule has 1 saturated heterocycles. The fourth-order valence-electron chi connectivity index (χ4n) is 0.729. The maximum Gasteiger partial charge on any atom is 0.166 e. The highest BCUT2D eigenvalue weighted by atomic mass is 127. The molecule has 0 aliphatic carbocycles. The van der Waals surface area contributed by atoms with E-state index in [-0.39, 0.29) is 0 Å². The zero-order chi connectivity index (χ0) is 5.98. The van der Waals surface area contributed by atoms with Crippen molar-refractivity contribution in [3.05, 3.63) is 0 Å². The molecule has 1 N–H and O–H groups in total. The second kappa shape index (κ2) is 2.98. The van der Waals surface area contributed by atoms with Gasteiger partial charge in [0.1, 0.15) is 0 Å². The van der Waals surface area contributed by atoms with Gasteiger partial charge in [0.25, 0.3) is 0 Å². The van der Waals surface area contributed by atoms with Crippen LogP contribution in [0.1, 0.15) is 12.8 Å². The summed E-state index contributed by atoms with van der Waals surface area (Å²) in [6.07, 6.45) is 1.66. The topological polar surface area (TPSA) is 29.5 Å². The number of halogens is 1. The summed E-state index contributed by atoms with van der Waals surface area (Å²) in [4.78, 5) is 0. The number of aliphatic hydroxyl groups is 1. The Kier molecular flexibility index (Phi) is 2.52. The van der Waals surface area contributed by atoms with Crippen LogP contribution >= 0.6 is 22.6 Å². The van der Waals surface area contributed by atoms with Gasteiger partial charge in [-0.3, -0.25) is 0 Å². The molecule has 1 aliphatic heterocycles. The minimum Gasteiger partial charge on any atom is -0.367 e. The lowest BCUT2D eigenvalue weighted by atomic mass is 10.2. The van der Waals surface area contributed by atoms with E-state index in [1.807, 2.05) is 0 Å². The Hall–Kier alpha value is 0.650. The Labute approximate surface area is 62.4 Å². The number of alkyl halides is 1. The van der Waals surface area contributed by atoms with Gasteiger partial charge in [0, 0.05) is 6.61 Å². The zero-order valence-corrected chi connectivity index (χ0v) is 6.67. The monoisotopic (exact) mass is 228 g/mol. The molecule has 1 rings (SSSR count). The summed E-state index contributed by atoms with van der Waals surface area (Å²) >= 11 is 2.21. The van der Waals surface area contributed by atoms with Crippen LogP contribution in [0.5, 0.6) is 0 Å². The van der Waals surface area contributed by atoms with E-state index >= 15 is 0 Å². The summed E-state index contributed by atoms with van der Waals surface area (Å²) in [5.41, 5.74) is 0. The van der Waals surface area contributed by atoms with E-state index in [2.05, 4.69) is 22.6 Å². The molecule has 2 nitrogen and oxygen atoms in total. The number of hydrogen-bond donors (Lipinski definition) is 1. The molecule has 0 aromatic carbocycles. The Bertz CT molecular complexity index is 66.8. The molecule has 0 unspecified atom stereocenters. The van der Waals surface area contributed by atoms with Crippen molar-refractivity contribution in [2.24, 2.45) is 0 Å². The normalized spacial score (nSPS) is 39.8. The molecular weight excluding hydrogens is 219 g/mol. The molecule has 48 valence electrons. The summed E-state index contributed by atoms with van der Waals surface area (Å²) in [6.45, 7) is 0.723. The van der Waals surface area contributed by atoms with Gasteiger partial charge in [0.15, 0.2) is 6.29 Å². The van der Waals surface area contributed by atoms with Gasteiger partial charge in [-0.2, -0.15) is 0 Å². The quantitative estimate of drug-likeness (QED) is 0.493. The van der Waals surface area contributed by atoms with E-state index in [9.17, 15) is 0 Å². The molecule has 0 aromatic rings. The summed E-state index contributed by atoms with van der Waals surface area (Å²) in [6, 6.07) is 0. The van der Waals surface area contributed by atoms with Gasteiger partial charge in [-0.1, -0.05) is 22.6 Å². The molecular formula is C5H9IO2. The summed E-state index contributed by atoms with van der Waals surface area (Å²) < 4.78 is 5.24. The van der Waals surface area contributed by atoms with Gasteiger partial charge in [-0.15, -0.1) is 0 Å². The Morgan fingerprint density at radius 1 is 1.62 bits per heavy atom. The van der Waals surface area contributed by atoms with Crippen LogP contribution in [0.4, 0.5) is 0 Å². The summed E-state index contributed by atoms with van der Waals surface area (Å²) in [5.74, 6) is 0. The van der Waals surface area contributed by atoms with Gasteiger partial charge in [-0.05, 0) is 12.8 Å². The van der Waals surface area contributed by atoms with Crippen LogP contribution in [0.2, 0.25) is 0 Å². The molecule has 0 saturated carbocycles. The van der Waals surface area contributed by atoms with Gasteiger partial charge < -0.3 is 9.84 Å². The van der Waals surface area contributed by atoms with Crippen LogP contribution in [0.3, 0.4) is 0 Å². The van der Waals surface area contributed by atoms with Crippen LogP contribution in [-0.4, -0.2) is 21.9 Å². The third kappa shape index (κ3) is 1.56. The maximum atomic E-state index is 8.95. The van der Waals surface area contributed by atoms with Crippen LogP contribution in [0, 0.1) is 0 Å². The summed E-state index contributed by atoms with van der Waals surface area (Å²) in [7, 11) is 0. The minimum atomic E-state index is -0.510. The van der Waals surface area contributed by atoms with Gasteiger partial charge >= 0.3 is 0 Å². The standard InChI is InChI=1S/C5H9IO2/c6-4-2-1-3-8-5(4)7/h4-5,7H,1-3H2/t4-,5+/m0/s1. The first-order chi connectivity index (χ1) is 3.80. The van der Waals surface area contributed by atoms with E-state index in [4.69, 9.17) is 9.84 Å². The number of aliphatic hydroxyl groups excluding tert-OH is 1. The fourth-order valence-corrected chi connectivity index (χ4v) is 1.38.